The maximum absolute atomic E-state index is 12.9. The summed E-state index contributed by atoms with van der Waals surface area (Å²) in [5, 5.41) is 0. The van der Waals surface area contributed by atoms with Crippen LogP contribution in [0.3, 0.4) is 0 Å². The lowest BCUT2D eigenvalue weighted by Crippen LogP contribution is -2.49. The van der Waals surface area contributed by atoms with Crippen molar-refractivity contribution in [1.82, 2.24) is 14.9 Å². The summed E-state index contributed by atoms with van der Waals surface area (Å²) in [6.07, 6.45) is 7.20. The lowest BCUT2D eigenvalue weighted by atomic mass is 9.98. The molecule has 0 aliphatic carbocycles. The molecular weight excluding hydrogens is 318 g/mol. The molecule has 6 nitrogen and oxygen atoms in total. The Morgan fingerprint density at radius 1 is 1.08 bits per heavy atom. The molecule has 2 aliphatic rings. The van der Waals surface area contributed by atoms with E-state index in [9.17, 15) is 4.79 Å². The number of hydrogen-bond acceptors (Lipinski definition) is 5. The molecule has 4 rings (SSSR count). The van der Waals surface area contributed by atoms with Crippen molar-refractivity contribution in [2.75, 3.05) is 7.11 Å². The van der Waals surface area contributed by atoms with E-state index in [1.807, 2.05) is 23.1 Å². The number of ether oxygens (including phenoxy) is 2. The van der Waals surface area contributed by atoms with Crippen LogP contribution in [0.15, 0.2) is 42.7 Å². The fourth-order valence-electron chi connectivity index (χ4n) is 3.92. The van der Waals surface area contributed by atoms with E-state index in [2.05, 4.69) is 9.97 Å². The minimum atomic E-state index is 0.0546. The number of carbonyl (C=O) groups is 1. The van der Waals surface area contributed by atoms with Gasteiger partial charge in [-0.15, -0.1) is 0 Å². The van der Waals surface area contributed by atoms with E-state index in [4.69, 9.17) is 9.47 Å². The van der Waals surface area contributed by atoms with Crippen molar-refractivity contribution in [3.8, 4) is 11.8 Å². The van der Waals surface area contributed by atoms with E-state index in [0.29, 0.717) is 17.3 Å². The van der Waals surface area contributed by atoms with Gasteiger partial charge in [0, 0.05) is 49.5 Å². The maximum Gasteiger partial charge on any atom is 0.255 e. The van der Waals surface area contributed by atoms with Crippen molar-refractivity contribution in [3.05, 3.63) is 48.3 Å². The fraction of sp³-hybridized carbons (Fsp3) is 0.421. The van der Waals surface area contributed by atoms with Gasteiger partial charge >= 0.3 is 0 Å². The molecule has 2 saturated heterocycles. The zero-order valence-corrected chi connectivity index (χ0v) is 14.2. The number of rotatable bonds is 4. The molecular formula is C19H21N3O3. The second-order valence-electron chi connectivity index (χ2n) is 6.57. The second-order valence-corrected chi connectivity index (χ2v) is 6.57. The summed E-state index contributed by atoms with van der Waals surface area (Å²) in [6, 6.07) is 9.63. The molecule has 2 aromatic rings. The van der Waals surface area contributed by atoms with E-state index in [0.717, 1.165) is 25.7 Å². The number of methoxy groups -OCH3 is 1. The van der Waals surface area contributed by atoms with E-state index in [-0.39, 0.29) is 24.1 Å². The van der Waals surface area contributed by atoms with E-state index < -0.39 is 0 Å². The van der Waals surface area contributed by atoms with Gasteiger partial charge in [-0.2, -0.15) is 0 Å². The van der Waals surface area contributed by atoms with Crippen molar-refractivity contribution < 1.29 is 14.3 Å². The van der Waals surface area contributed by atoms with Crippen molar-refractivity contribution in [3.63, 3.8) is 0 Å². The molecule has 0 radical (unpaired) electrons. The molecule has 0 saturated carbocycles. The van der Waals surface area contributed by atoms with Crippen LogP contribution in [0.2, 0.25) is 0 Å². The van der Waals surface area contributed by atoms with Gasteiger partial charge < -0.3 is 14.4 Å². The number of piperidine rings is 1. The minimum absolute atomic E-state index is 0.0546. The highest BCUT2D eigenvalue weighted by Crippen LogP contribution is 2.38. The van der Waals surface area contributed by atoms with Crippen LogP contribution in [0.4, 0.5) is 0 Å². The Bertz CT molecular complexity index is 721. The third-order valence-corrected chi connectivity index (χ3v) is 5.04. The average molecular weight is 339 g/mol. The summed E-state index contributed by atoms with van der Waals surface area (Å²) >= 11 is 0. The topological polar surface area (TPSA) is 64.5 Å². The highest BCUT2D eigenvalue weighted by molar-refractivity contribution is 5.94. The summed E-state index contributed by atoms with van der Waals surface area (Å²) in [5.74, 6) is 1.23. The Kier molecular flexibility index (Phi) is 4.26. The van der Waals surface area contributed by atoms with Crippen molar-refractivity contribution >= 4 is 5.91 Å². The third kappa shape index (κ3) is 3.16. The largest absolute Gasteiger partial charge is 0.481 e. The molecule has 0 aromatic carbocycles. The van der Waals surface area contributed by atoms with Crippen molar-refractivity contribution in [1.29, 1.82) is 0 Å². The predicted molar refractivity (Wildman–Crippen MR) is 91.7 cm³/mol. The molecule has 2 fully saturated rings. The summed E-state index contributed by atoms with van der Waals surface area (Å²) in [7, 11) is 1.57. The summed E-state index contributed by atoms with van der Waals surface area (Å²) in [4.78, 5) is 23.3. The van der Waals surface area contributed by atoms with Crippen LogP contribution in [0.25, 0.3) is 0 Å². The molecule has 0 spiro atoms. The van der Waals surface area contributed by atoms with E-state index >= 15 is 0 Å². The van der Waals surface area contributed by atoms with Crippen LogP contribution in [-0.4, -0.2) is 46.1 Å². The quantitative estimate of drug-likeness (QED) is 0.857. The molecule has 2 bridgehead atoms. The van der Waals surface area contributed by atoms with E-state index in [1.54, 1.807) is 31.6 Å². The number of aromatic nitrogens is 2. The SMILES string of the molecule is COc1ccc(C(=O)N2C3CCC2CC(Oc2ccccn2)C3)cn1. The van der Waals surface area contributed by atoms with E-state index in [1.165, 1.54) is 0 Å². The van der Waals surface area contributed by atoms with Gasteiger partial charge in [0.05, 0.1) is 12.7 Å². The highest BCUT2D eigenvalue weighted by atomic mass is 16.5. The number of fused-ring (bicyclic) bond motifs is 2. The zero-order valence-electron chi connectivity index (χ0n) is 14.2. The third-order valence-electron chi connectivity index (χ3n) is 5.04. The smallest absolute Gasteiger partial charge is 0.255 e. The van der Waals surface area contributed by atoms with Crippen LogP contribution in [0.1, 0.15) is 36.0 Å². The van der Waals surface area contributed by atoms with Crippen LogP contribution in [-0.2, 0) is 0 Å². The first-order valence-electron chi connectivity index (χ1n) is 8.65. The van der Waals surface area contributed by atoms with Crippen LogP contribution in [0, 0.1) is 0 Å². The Morgan fingerprint density at radius 2 is 1.88 bits per heavy atom. The Labute approximate surface area is 146 Å². The lowest BCUT2D eigenvalue weighted by molar-refractivity contribution is 0.0347. The van der Waals surface area contributed by atoms with Crippen LogP contribution in [0.5, 0.6) is 11.8 Å². The highest BCUT2D eigenvalue weighted by Gasteiger charge is 2.44. The van der Waals surface area contributed by atoms with Gasteiger partial charge in [-0.25, -0.2) is 9.97 Å². The maximum atomic E-state index is 12.9. The normalized spacial score (nSPS) is 24.8. The lowest BCUT2D eigenvalue weighted by Gasteiger charge is -2.38. The monoisotopic (exact) mass is 339 g/mol. The minimum Gasteiger partial charge on any atom is -0.481 e. The molecule has 1 amide bonds. The van der Waals surface area contributed by atoms with Gasteiger partial charge in [-0.3, -0.25) is 4.79 Å². The number of amides is 1. The molecule has 25 heavy (non-hydrogen) atoms. The standard InChI is InChI=1S/C19H21N3O3/c1-24-17-8-5-13(12-21-17)19(23)22-14-6-7-15(22)11-16(10-14)25-18-4-2-3-9-20-18/h2-5,8-9,12,14-16H,6-7,10-11H2,1H3. The first kappa shape index (κ1) is 15.9. The molecule has 130 valence electrons. The predicted octanol–water partition coefficient (Wildman–Crippen LogP) is 2.70. The van der Waals surface area contributed by atoms with Gasteiger partial charge in [0.1, 0.15) is 6.10 Å². The number of hydrogen-bond donors (Lipinski definition) is 0. The van der Waals surface area contributed by atoms with Crippen LogP contribution >= 0.6 is 0 Å². The van der Waals surface area contributed by atoms with Crippen molar-refractivity contribution in [2.24, 2.45) is 0 Å². The Hall–Kier alpha value is -2.63. The average Bonchev–Trinajstić information content (AvgIpc) is 2.92. The summed E-state index contributed by atoms with van der Waals surface area (Å²) in [5.41, 5.74) is 0.613. The molecule has 2 aliphatic heterocycles. The zero-order chi connectivity index (χ0) is 17.2. The molecule has 4 heterocycles. The second kappa shape index (κ2) is 6.70. The molecule has 6 heteroatoms. The first-order chi connectivity index (χ1) is 12.2. The molecule has 2 unspecified atom stereocenters. The van der Waals surface area contributed by atoms with Crippen LogP contribution < -0.4 is 9.47 Å². The number of pyridine rings is 2. The fourth-order valence-corrected chi connectivity index (χ4v) is 3.92. The number of nitrogens with zero attached hydrogens (tertiary/aromatic N) is 3. The van der Waals surface area contributed by atoms with Gasteiger partial charge in [0.25, 0.3) is 5.91 Å². The Balaban J connectivity index is 1.45. The van der Waals surface area contributed by atoms with Gasteiger partial charge in [0.2, 0.25) is 11.8 Å². The first-order valence-corrected chi connectivity index (χ1v) is 8.65. The molecule has 0 N–H and O–H groups in total. The Morgan fingerprint density at radius 3 is 2.48 bits per heavy atom. The van der Waals surface area contributed by atoms with Gasteiger partial charge in [-0.05, 0) is 25.0 Å². The molecule has 2 aromatic heterocycles. The van der Waals surface area contributed by atoms with Crippen molar-refractivity contribution in [2.45, 2.75) is 43.9 Å². The summed E-state index contributed by atoms with van der Waals surface area (Å²) < 4.78 is 11.1. The number of carbonyl (C=O) groups excluding carboxylic acids is 1. The van der Waals surface area contributed by atoms with Gasteiger partial charge in [0.15, 0.2) is 0 Å². The molecule has 2 atom stereocenters. The van der Waals surface area contributed by atoms with Gasteiger partial charge in [-0.1, -0.05) is 6.07 Å². The summed E-state index contributed by atoms with van der Waals surface area (Å²) in [6.45, 7) is 0.